The van der Waals surface area contributed by atoms with Crippen molar-refractivity contribution in [3.63, 3.8) is 0 Å². The zero-order valence-electron chi connectivity index (χ0n) is 10.6. The Morgan fingerprint density at radius 2 is 2.00 bits per heavy atom. The lowest BCUT2D eigenvalue weighted by atomic mass is 10.1. The number of halogens is 2. The van der Waals surface area contributed by atoms with Crippen LogP contribution >= 0.6 is 27.5 Å². The molecule has 2 rings (SSSR count). The average Bonchev–Trinajstić information content (AvgIpc) is 2.41. The van der Waals surface area contributed by atoms with Crippen LogP contribution in [-0.4, -0.2) is 17.6 Å². The monoisotopic (exact) mass is 353 g/mol. The zero-order valence-corrected chi connectivity index (χ0v) is 12.9. The minimum Gasteiger partial charge on any atom is -0.337 e. The molecule has 2 N–H and O–H groups in total. The Morgan fingerprint density at radius 3 is 2.70 bits per heavy atom. The summed E-state index contributed by atoms with van der Waals surface area (Å²) in [4.78, 5) is 15.7. The van der Waals surface area contributed by atoms with Gasteiger partial charge in [0, 0.05) is 22.2 Å². The minimum atomic E-state index is -0.274. The second-order valence-electron chi connectivity index (χ2n) is 4.12. The first-order chi connectivity index (χ1) is 9.63. The van der Waals surface area contributed by atoms with Gasteiger partial charge >= 0.3 is 6.03 Å². The van der Waals surface area contributed by atoms with E-state index in [-0.39, 0.29) is 6.03 Å². The highest BCUT2D eigenvalue weighted by Gasteiger charge is 2.02. The lowest BCUT2D eigenvalue weighted by Crippen LogP contribution is -2.30. The summed E-state index contributed by atoms with van der Waals surface area (Å²) in [5, 5.41) is 6.15. The van der Waals surface area contributed by atoms with Crippen molar-refractivity contribution >= 4 is 39.4 Å². The summed E-state index contributed by atoms with van der Waals surface area (Å²) < 4.78 is 0.865. The highest BCUT2D eigenvalue weighted by molar-refractivity contribution is 9.10. The molecule has 1 aromatic heterocycles. The topological polar surface area (TPSA) is 54.0 Å². The molecule has 0 aliphatic rings. The van der Waals surface area contributed by atoms with Gasteiger partial charge in [-0.05, 0) is 36.2 Å². The SMILES string of the molecule is O=C(NCCc1ccc(Cl)cc1)Nc1cc(Br)ccn1. The molecule has 0 spiro atoms. The summed E-state index contributed by atoms with van der Waals surface area (Å²) in [5.74, 6) is 0.503. The van der Waals surface area contributed by atoms with Crippen LogP contribution in [-0.2, 0) is 6.42 Å². The van der Waals surface area contributed by atoms with Crippen LogP contribution in [0.5, 0.6) is 0 Å². The van der Waals surface area contributed by atoms with Gasteiger partial charge in [0.25, 0.3) is 0 Å². The number of nitrogens with one attached hydrogen (secondary N) is 2. The maximum absolute atomic E-state index is 11.7. The van der Waals surface area contributed by atoms with E-state index in [4.69, 9.17) is 11.6 Å². The van der Waals surface area contributed by atoms with Gasteiger partial charge in [-0.3, -0.25) is 5.32 Å². The lowest BCUT2D eigenvalue weighted by Gasteiger charge is -2.07. The quantitative estimate of drug-likeness (QED) is 0.876. The molecule has 0 radical (unpaired) electrons. The van der Waals surface area contributed by atoms with Crippen molar-refractivity contribution in [1.82, 2.24) is 10.3 Å². The van der Waals surface area contributed by atoms with Gasteiger partial charge in [0.05, 0.1) is 0 Å². The maximum Gasteiger partial charge on any atom is 0.320 e. The number of amides is 2. The van der Waals surface area contributed by atoms with Crippen molar-refractivity contribution in [1.29, 1.82) is 0 Å². The lowest BCUT2D eigenvalue weighted by molar-refractivity contribution is 0.252. The molecule has 4 nitrogen and oxygen atoms in total. The van der Waals surface area contributed by atoms with Crippen molar-refractivity contribution in [2.45, 2.75) is 6.42 Å². The smallest absolute Gasteiger partial charge is 0.320 e. The Labute approximate surface area is 130 Å². The summed E-state index contributed by atoms with van der Waals surface area (Å²) >= 11 is 9.13. The van der Waals surface area contributed by atoms with Crippen LogP contribution in [0, 0.1) is 0 Å². The van der Waals surface area contributed by atoms with Crippen LogP contribution in [0.15, 0.2) is 47.1 Å². The van der Waals surface area contributed by atoms with Gasteiger partial charge in [-0.2, -0.15) is 0 Å². The first kappa shape index (κ1) is 14.8. The molecule has 1 heterocycles. The molecule has 104 valence electrons. The number of benzene rings is 1. The van der Waals surface area contributed by atoms with E-state index >= 15 is 0 Å². The van der Waals surface area contributed by atoms with E-state index in [1.54, 1.807) is 18.3 Å². The van der Waals surface area contributed by atoms with E-state index in [2.05, 4.69) is 31.5 Å². The van der Waals surface area contributed by atoms with Crippen molar-refractivity contribution in [2.75, 3.05) is 11.9 Å². The van der Waals surface area contributed by atoms with E-state index in [1.807, 2.05) is 24.3 Å². The molecule has 0 saturated carbocycles. The number of pyridine rings is 1. The Bertz CT molecular complexity index is 589. The van der Waals surface area contributed by atoms with Crippen LogP contribution in [0.2, 0.25) is 5.02 Å². The summed E-state index contributed by atoms with van der Waals surface area (Å²) in [6.07, 6.45) is 2.36. The zero-order chi connectivity index (χ0) is 14.4. The number of nitrogens with zero attached hydrogens (tertiary/aromatic N) is 1. The van der Waals surface area contributed by atoms with Crippen LogP contribution in [0.4, 0.5) is 10.6 Å². The van der Waals surface area contributed by atoms with Gasteiger partial charge in [0.15, 0.2) is 0 Å². The molecule has 0 aliphatic heterocycles. The molecule has 0 unspecified atom stereocenters. The van der Waals surface area contributed by atoms with Gasteiger partial charge in [-0.1, -0.05) is 39.7 Å². The Balaban J connectivity index is 1.76. The number of carbonyl (C=O) groups excluding carboxylic acids is 1. The standard InChI is InChI=1S/C14H13BrClN3O/c15-11-6-8-17-13(9-11)19-14(20)18-7-5-10-1-3-12(16)4-2-10/h1-4,6,8-9H,5,7H2,(H2,17,18,19,20). The molecule has 0 aliphatic carbocycles. The maximum atomic E-state index is 11.7. The minimum absolute atomic E-state index is 0.274. The number of hydrogen-bond acceptors (Lipinski definition) is 2. The largest absolute Gasteiger partial charge is 0.337 e. The summed E-state index contributed by atoms with van der Waals surface area (Å²) in [5.41, 5.74) is 1.12. The van der Waals surface area contributed by atoms with Gasteiger partial charge in [-0.15, -0.1) is 0 Å². The first-order valence-corrected chi connectivity index (χ1v) is 7.21. The molecule has 0 saturated heterocycles. The Morgan fingerprint density at radius 1 is 1.25 bits per heavy atom. The predicted octanol–water partition coefficient (Wildman–Crippen LogP) is 3.86. The Hall–Kier alpha value is -1.59. The van der Waals surface area contributed by atoms with Crippen LogP contribution in [0.25, 0.3) is 0 Å². The molecule has 1 aromatic carbocycles. The fraction of sp³-hybridized carbons (Fsp3) is 0.143. The molecular formula is C14H13BrClN3O. The third-order valence-electron chi connectivity index (χ3n) is 2.58. The van der Waals surface area contributed by atoms with Crippen LogP contribution in [0.3, 0.4) is 0 Å². The summed E-state index contributed by atoms with van der Waals surface area (Å²) in [6.45, 7) is 0.543. The third-order valence-corrected chi connectivity index (χ3v) is 3.32. The number of urea groups is 1. The second-order valence-corrected chi connectivity index (χ2v) is 5.47. The van der Waals surface area contributed by atoms with Crippen molar-refractivity contribution in [2.24, 2.45) is 0 Å². The molecular weight excluding hydrogens is 342 g/mol. The van der Waals surface area contributed by atoms with E-state index < -0.39 is 0 Å². The first-order valence-electron chi connectivity index (χ1n) is 6.04. The highest BCUT2D eigenvalue weighted by atomic mass is 79.9. The molecule has 6 heteroatoms. The van der Waals surface area contributed by atoms with Gasteiger partial charge < -0.3 is 5.32 Å². The van der Waals surface area contributed by atoms with E-state index in [9.17, 15) is 4.79 Å². The molecule has 0 bridgehead atoms. The second kappa shape index (κ2) is 7.26. The predicted molar refractivity (Wildman–Crippen MR) is 84.1 cm³/mol. The fourth-order valence-corrected chi connectivity index (χ4v) is 2.07. The molecule has 2 aromatic rings. The van der Waals surface area contributed by atoms with Gasteiger partial charge in [-0.25, -0.2) is 9.78 Å². The van der Waals surface area contributed by atoms with Crippen molar-refractivity contribution in [3.05, 3.63) is 57.7 Å². The van der Waals surface area contributed by atoms with Crippen molar-refractivity contribution in [3.8, 4) is 0 Å². The molecule has 2 amide bonds. The van der Waals surface area contributed by atoms with E-state index in [0.29, 0.717) is 17.4 Å². The number of rotatable bonds is 4. The summed E-state index contributed by atoms with van der Waals surface area (Å²) in [6, 6.07) is 10.8. The normalized spacial score (nSPS) is 10.1. The highest BCUT2D eigenvalue weighted by Crippen LogP contribution is 2.12. The Kier molecular flexibility index (Phi) is 5.38. The number of carbonyl (C=O) groups is 1. The number of hydrogen-bond donors (Lipinski definition) is 2. The number of aromatic nitrogens is 1. The van der Waals surface area contributed by atoms with Gasteiger partial charge in [0.2, 0.25) is 0 Å². The van der Waals surface area contributed by atoms with Crippen molar-refractivity contribution < 1.29 is 4.79 Å². The van der Waals surface area contributed by atoms with E-state index in [0.717, 1.165) is 16.5 Å². The number of anilines is 1. The van der Waals surface area contributed by atoms with Crippen LogP contribution in [0.1, 0.15) is 5.56 Å². The molecule has 0 atom stereocenters. The summed E-state index contributed by atoms with van der Waals surface area (Å²) in [7, 11) is 0. The average molecular weight is 355 g/mol. The third kappa shape index (κ3) is 4.83. The van der Waals surface area contributed by atoms with Gasteiger partial charge in [0.1, 0.15) is 5.82 Å². The fourth-order valence-electron chi connectivity index (χ4n) is 1.61. The van der Waals surface area contributed by atoms with Crippen LogP contribution < -0.4 is 10.6 Å². The molecule has 20 heavy (non-hydrogen) atoms. The van der Waals surface area contributed by atoms with E-state index in [1.165, 1.54) is 0 Å². The molecule has 0 fully saturated rings.